The van der Waals surface area contributed by atoms with E-state index in [1.54, 1.807) is 18.2 Å². The molecular weight excluding hydrogens is 443 g/mol. The molecular formula is C21H20F3N5O4. The summed E-state index contributed by atoms with van der Waals surface area (Å²) in [6, 6.07) is 8.57. The molecule has 0 saturated heterocycles. The van der Waals surface area contributed by atoms with Crippen molar-refractivity contribution in [3.63, 3.8) is 0 Å². The molecule has 0 radical (unpaired) electrons. The van der Waals surface area contributed by atoms with Gasteiger partial charge in [-0.15, -0.1) is 0 Å². The number of amides is 2. The number of nitrogens with one attached hydrogen (secondary N) is 3. The summed E-state index contributed by atoms with van der Waals surface area (Å²) in [6.45, 7) is 0. The molecule has 2 amide bonds. The normalized spacial score (nSPS) is 10.8. The predicted molar refractivity (Wildman–Crippen MR) is 115 cm³/mol. The van der Waals surface area contributed by atoms with Gasteiger partial charge in [0.1, 0.15) is 35.2 Å². The van der Waals surface area contributed by atoms with E-state index in [9.17, 15) is 18.0 Å². The Labute approximate surface area is 186 Å². The van der Waals surface area contributed by atoms with Gasteiger partial charge < -0.3 is 24.8 Å². The number of anilines is 4. The number of methoxy groups -OCH3 is 3. The highest BCUT2D eigenvalue weighted by molar-refractivity contribution is 5.99. The van der Waals surface area contributed by atoms with Gasteiger partial charge >= 0.3 is 12.2 Å². The summed E-state index contributed by atoms with van der Waals surface area (Å²) >= 11 is 0. The lowest BCUT2D eigenvalue weighted by Crippen LogP contribution is -2.20. The fourth-order valence-corrected chi connectivity index (χ4v) is 2.77. The number of hydrogen-bond acceptors (Lipinski definition) is 7. The lowest BCUT2D eigenvalue weighted by molar-refractivity contribution is -0.137. The van der Waals surface area contributed by atoms with Gasteiger partial charge in [-0.25, -0.2) is 14.8 Å². The number of benzene rings is 2. The molecule has 0 fully saturated rings. The fourth-order valence-electron chi connectivity index (χ4n) is 2.77. The fraction of sp³-hybridized carbons (Fsp3) is 0.190. The van der Waals surface area contributed by atoms with Crippen LogP contribution in [0.3, 0.4) is 0 Å². The lowest BCUT2D eigenvalue weighted by Gasteiger charge is -2.14. The van der Waals surface area contributed by atoms with Gasteiger partial charge in [-0.1, -0.05) is 0 Å². The Balaban J connectivity index is 1.75. The Morgan fingerprint density at radius 1 is 0.848 bits per heavy atom. The molecule has 12 heteroatoms. The third kappa shape index (κ3) is 6.15. The van der Waals surface area contributed by atoms with Crippen molar-refractivity contribution in [3.8, 4) is 17.2 Å². The molecule has 3 rings (SSSR count). The summed E-state index contributed by atoms with van der Waals surface area (Å²) in [7, 11) is 4.29. The van der Waals surface area contributed by atoms with Crippen molar-refractivity contribution >= 4 is 29.0 Å². The number of urea groups is 1. The molecule has 0 spiro atoms. The van der Waals surface area contributed by atoms with Crippen LogP contribution in [0.25, 0.3) is 0 Å². The van der Waals surface area contributed by atoms with Gasteiger partial charge in [0.15, 0.2) is 0 Å². The highest BCUT2D eigenvalue weighted by Gasteiger charge is 2.31. The number of rotatable bonds is 7. The molecule has 0 bridgehead atoms. The van der Waals surface area contributed by atoms with Crippen molar-refractivity contribution in [1.82, 2.24) is 9.97 Å². The van der Waals surface area contributed by atoms with Crippen LogP contribution in [0.5, 0.6) is 17.2 Å². The first kappa shape index (κ1) is 23.4. The monoisotopic (exact) mass is 463 g/mol. The van der Waals surface area contributed by atoms with Crippen LogP contribution in [0.1, 0.15) is 5.56 Å². The van der Waals surface area contributed by atoms with E-state index in [4.69, 9.17) is 14.2 Å². The minimum Gasteiger partial charge on any atom is -0.497 e. The highest BCUT2D eigenvalue weighted by Crippen LogP contribution is 2.36. The largest absolute Gasteiger partial charge is 0.497 e. The number of alkyl halides is 3. The van der Waals surface area contributed by atoms with Crippen LogP contribution in [-0.2, 0) is 6.18 Å². The number of carbonyl (C=O) groups is 1. The molecule has 1 heterocycles. The molecule has 0 aliphatic rings. The van der Waals surface area contributed by atoms with Crippen LogP contribution in [0, 0.1) is 0 Å². The molecule has 0 aliphatic heterocycles. The minimum atomic E-state index is -4.53. The molecule has 3 N–H and O–H groups in total. The van der Waals surface area contributed by atoms with Crippen molar-refractivity contribution in [2.75, 3.05) is 37.3 Å². The van der Waals surface area contributed by atoms with E-state index in [-0.39, 0.29) is 23.1 Å². The van der Waals surface area contributed by atoms with Gasteiger partial charge in [-0.2, -0.15) is 13.2 Å². The Morgan fingerprint density at radius 3 is 2.12 bits per heavy atom. The molecule has 33 heavy (non-hydrogen) atoms. The summed E-state index contributed by atoms with van der Waals surface area (Å²) in [5, 5.41) is 7.89. The Bertz CT molecular complexity index is 1120. The van der Waals surface area contributed by atoms with Gasteiger partial charge in [0.25, 0.3) is 0 Å². The van der Waals surface area contributed by atoms with Gasteiger partial charge in [-0.05, 0) is 18.2 Å². The molecule has 9 nitrogen and oxygen atoms in total. The molecule has 0 unspecified atom stereocenters. The molecule has 0 aliphatic carbocycles. The molecule has 3 aromatic rings. The third-order valence-electron chi connectivity index (χ3n) is 4.31. The number of halogens is 3. The van der Waals surface area contributed by atoms with Crippen molar-refractivity contribution in [1.29, 1.82) is 0 Å². The van der Waals surface area contributed by atoms with E-state index in [0.29, 0.717) is 17.2 Å². The van der Waals surface area contributed by atoms with Crippen LogP contribution < -0.4 is 30.2 Å². The number of carbonyl (C=O) groups excluding carboxylic acids is 1. The van der Waals surface area contributed by atoms with Crippen LogP contribution >= 0.6 is 0 Å². The van der Waals surface area contributed by atoms with E-state index in [0.717, 1.165) is 18.5 Å². The SMILES string of the molecule is COc1cc(NC(=O)Nc2cc(Nc3cc(C(F)(F)F)ccc3OC)ncn2)cc(OC)c1. The summed E-state index contributed by atoms with van der Waals surface area (Å²) in [4.78, 5) is 20.3. The number of aromatic nitrogens is 2. The van der Waals surface area contributed by atoms with E-state index in [1.165, 1.54) is 33.5 Å². The smallest absolute Gasteiger partial charge is 0.416 e. The Hall–Kier alpha value is -4.22. The van der Waals surface area contributed by atoms with Gasteiger partial charge in [0.2, 0.25) is 0 Å². The van der Waals surface area contributed by atoms with Crippen LogP contribution in [0.4, 0.5) is 41.0 Å². The van der Waals surface area contributed by atoms with Crippen molar-refractivity contribution in [2.24, 2.45) is 0 Å². The Morgan fingerprint density at radius 2 is 1.52 bits per heavy atom. The standard InChI is InChI=1S/C21H20F3N5O4/c1-31-14-7-13(8-15(9-14)32-2)27-20(30)29-19-10-18(25-11-26-19)28-16-6-12(21(22,23)24)4-5-17(16)33-3/h4-11H,1-3H3,(H3,25,26,27,28,29,30). The second kappa shape index (κ2) is 9.94. The van der Waals surface area contributed by atoms with E-state index >= 15 is 0 Å². The van der Waals surface area contributed by atoms with Gasteiger partial charge in [-0.3, -0.25) is 5.32 Å². The van der Waals surface area contributed by atoms with Crippen LogP contribution in [0.15, 0.2) is 48.8 Å². The summed E-state index contributed by atoms with van der Waals surface area (Å²) in [6.07, 6.45) is -3.38. The highest BCUT2D eigenvalue weighted by atomic mass is 19.4. The lowest BCUT2D eigenvalue weighted by atomic mass is 10.1. The predicted octanol–water partition coefficient (Wildman–Crippen LogP) is 4.91. The first-order valence-corrected chi connectivity index (χ1v) is 9.37. The maximum absolute atomic E-state index is 13.1. The first-order chi connectivity index (χ1) is 15.7. The zero-order chi connectivity index (χ0) is 24.0. The molecule has 0 atom stereocenters. The maximum Gasteiger partial charge on any atom is 0.416 e. The Kier molecular flexibility index (Phi) is 7.06. The molecule has 2 aromatic carbocycles. The zero-order valence-electron chi connectivity index (χ0n) is 17.8. The first-order valence-electron chi connectivity index (χ1n) is 9.37. The van der Waals surface area contributed by atoms with E-state index < -0.39 is 17.8 Å². The quantitative estimate of drug-likeness (QED) is 0.457. The van der Waals surface area contributed by atoms with Gasteiger partial charge in [0, 0.05) is 30.0 Å². The average Bonchev–Trinajstić information content (AvgIpc) is 2.78. The minimum absolute atomic E-state index is 0.0462. The number of nitrogens with zero attached hydrogens (tertiary/aromatic N) is 2. The molecule has 0 saturated carbocycles. The van der Waals surface area contributed by atoms with E-state index in [2.05, 4.69) is 25.9 Å². The third-order valence-corrected chi connectivity index (χ3v) is 4.31. The van der Waals surface area contributed by atoms with Crippen LogP contribution in [-0.4, -0.2) is 37.3 Å². The number of ether oxygens (including phenoxy) is 3. The summed E-state index contributed by atoms with van der Waals surface area (Å²) < 4.78 is 54.6. The maximum atomic E-state index is 13.1. The molecule has 1 aromatic heterocycles. The molecule has 174 valence electrons. The van der Waals surface area contributed by atoms with Crippen molar-refractivity contribution in [2.45, 2.75) is 6.18 Å². The average molecular weight is 463 g/mol. The second-order valence-electron chi connectivity index (χ2n) is 6.51. The zero-order valence-corrected chi connectivity index (χ0v) is 17.8. The second-order valence-corrected chi connectivity index (χ2v) is 6.51. The van der Waals surface area contributed by atoms with E-state index in [1.807, 2.05) is 0 Å². The topological polar surface area (TPSA) is 107 Å². The van der Waals surface area contributed by atoms with Crippen LogP contribution in [0.2, 0.25) is 0 Å². The number of hydrogen-bond donors (Lipinski definition) is 3. The van der Waals surface area contributed by atoms with Crippen molar-refractivity contribution in [3.05, 3.63) is 54.4 Å². The summed E-state index contributed by atoms with van der Waals surface area (Å²) in [5.41, 5.74) is -0.402. The van der Waals surface area contributed by atoms with Gasteiger partial charge in [0.05, 0.1) is 32.6 Å². The summed E-state index contributed by atoms with van der Waals surface area (Å²) in [5.74, 6) is 1.38. The van der Waals surface area contributed by atoms with Crippen molar-refractivity contribution < 1.29 is 32.2 Å².